The van der Waals surface area contributed by atoms with Crippen LogP contribution in [0.5, 0.6) is 0 Å². The van der Waals surface area contributed by atoms with Gasteiger partial charge in [0.05, 0.1) is 6.10 Å². The Morgan fingerprint density at radius 2 is 1.93 bits per heavy atom. The summed E-state index contributed by atoms with van der Waals surface area (Å²) in [6, 6.07) is 9.75. The van der Waals surface area contributed by atoms with E-state index >= 15 is 0 Å². The molecule has 3 heteroatoms. The Bertz CT molecular complexity index is 733. The molecule has 1 saturated carbocycles. The van der Waals surface area contributed by atoms with E-state index in [1.165, 1.54) is 11.6 Å². The lowest BCUT2D eigenvalue weighted by Gasteiger charge is -2.55. The molecule has 3 nitrogen and oxygen atoms in total. The molecule has 27 heavy (non-hydrogen) atoms. The number of esters is 1. The van der Waals surface area contributed by atoms with E-state index in [2.05, 4.69) is 26.8 Å². The zero-order chi connectivity index (χ0) is 19.7. The van der Waals surface area contributed by atoms with Crippen molar-refractivity contribution in [2.24, 2.45) is 17.3 Å². The minimum Gasteiger partial charge on any atom is -0.456 e. The maximum Gasteiger partial charge on any atom is 0.331 e. The average Bonchev–Trinajstić information content (AvgIpc) is 2.64. The van der Waals surface area contributed by atoms with E-state index in [9.17, 15) is 9.90 Å². The van der Waals surface area contributed by atoms with Crippen molar-refractivity contribution >= 4 is 12.0 Å². The molecule has 1 N–H and O–H groups in total. The van der Waals surface area contributed by atoms with Gasteiger partial charge in [0, 0.05) is 17.4 Å². The Kier molecular flexibility index (Phi) is 5.62. The number of hydrogen-bond donors (Lipinski definition) is 1. The van der Waals surface area contributed by atoms with Crippen molar-refractivity contribution < 1.29 is 14.6 Å². The molecule has 2 aliphatic rings. The number of hydrogen-bond acceptors (Lipinski definition) is 3. The number of allylic oxidation sites excluding steroid dienone is 1. The highest BCUT2D eigenvalue weighted by molar-refractivity contribution is 5.87. The van der Waals surface area contributed by atoms with Crippen LogP contribution in [0, 0.1) is 17.3 Å². The fraction of sp³-hybridized carbons (Fsp3) is 0.542. The maximum absolute atomic E-state index is 12.6. The molecule has 0 radical (unpaired) electrons. The van der Waals surface area contributed by atoms with Gasteiger partial charge in [-0.2, -0.15) is 0 Å². The van der Waals surface area contributed by atoms with Gasteiger partial charge in [0.1, 0.15) is 5.60 Å². The van der Waals surface area contributed by atoms with Gasteiger partial charge in [-0.1, -0.05) is 62.8 Å². The van der Waals surface area contributed by atoms with Crippen LogP contribution in [0.2, 0.25) is 0 Å². The van der Waals surface area contributed by atoms with Crippen LogP contribution in [0.15, 0.2) is 48.1 Å². The maximum atomic E-state index is 12.6. The Morgan fingerprint density at radius 1 is 1.22 bits per heavy atom. The molecule has 2 aliphatic carbocycles. The van der Waals surface area contributed by atoms with Crippen molar-refractivity contribution in [2.45, 2.75) is 65.1 Å². The highest BCUT2D eigenvalue weighted by atomic mass is 16.6. The summed E-state index contributed by atoms with van der Waals surface area (Å²) in [5.74, 6) is 0.200. The fourth-order valence-electron chi connectivity index (χ4n) is 4.80. The minimum atomic E-state index is -0.591. The van der Waals surface area contributed by atoms with Gasteiger partial charge in [0.2, 0.25) is 0 Å². The van der Waals surface area contributed by atoms with Gasteiger partial charge in [-0.15, -0.1) is 0 Å². The van der Waals surface area contributed by atoms with Crippen molar-refractivity contribution in [1.29, 1.82) is 0 Å². The van der Waals surface area contributed by atoms with E-state index in [0.717, 1.165) is 18.4 Å². The van der Waals surface area contributed by atoms with Crippen LogP contribution in [0.25, 0.3) is 6.08 Å². The number of fused-ring (bicyclic) bond motifs is 1. The second kappa shape index (κ2) is 7.63. The standard InChI is InChI=1S/C24H32O3/c1-17(2)19-12-14-23(3)20(16-19)24(4,15-13-21(23)25)27-22(26)11-10-18-8-6-5-7-9-18/h5-11,16-17,20-21,25H,12-15H2,1-4H3/b11-10+/t20-,21-,23-,24+/m1/s1. The summed E-state index contributed by atoms with van der Waals surface area (Å²) >= 11 is 0. The van der Waals surface area contributed by atoms with Gasteiger partial charge >= 0.3 is 5.97 Å². The molecule has 1 fully saturated rings. The molecule has 4 atom stereocenters. The second-order valence-electron chi connectivity index (χ2n) is 8.91. The average molecular weight is 369 g/mol. The molecule has 0 unspecified atom stereocenters. The van der Waals surface area contributed by atoms with E-state index in [1.54, 1.807) is 6.08 Å². The van der Waals surface area contributed by atoms with Crippen molar-refractivity contribution in [3.63, 3.8) is 0 Å². The van der Waals surface area contributed by atoms with Crippen LogP contribution in [-0.2, 0) is 9.53 Å². The Morgan fingerprint density at radius 3 is 2.59 bits per heavy atom. The van der Waals surface area contributed by atoms with E-state index in [1.807, 2.05) is 37.3 Å². The second-order valence-corrected chi connectivity index (χ2v) is 8.91. The van der Waals surface area contributed by atoms with Gasteiger partial charge in [0.15, 0.2) is 0 Å². The van der Waals surface area contributed by atoms with E-state index in [-0.39, 0.29) is 23.4 Å². The molecule has 0 aliphatic heterocycles. The van der Waals surface area contributed by atoms with Crippen LogP contribution in [0.3, 0.4) is 0 Å². The van der Waals surface area contributed by atoms with Gasteiger partial charge in [-0.25, -0.2) is 4.79 Å². The first-order valence-electron chi connectivity index (χ1n) is 10.1. The molecule has 1 aromatic carbocycles. The van der Waals surface area contributed by atoms with Gasteiger partial charge in [0.25, 0.3) is 0 Å². The van der Waals surface area contributed by atoms with Crippen molar-refractivity contribution in [2.75, 3.05) is 0 Å². The first-order chi connectivity index (χ1) is 12.7. The lowest BCUT2D eigenvalue weighted by Crippen LogP contribution is -2.57. The summed E-state index contributed by atoms with van der Waals surface area (Å²) in [6.45, 7) is 8.61. The molecule has 3 rings (SSSR count). The molecule has 0 amide bonds. The lowest BCUT2D eigenvalue weighted by atomic mass is 9.54. The zero-order valence-electron chi connectivity index (χ0n) is 16.9. The fourth-order valence-corrected chi connectivity index (χ4v) is 4.80. The number of rotatable bonds is 4. The molecule has 146 valence electrons. The van der Waals surface area contributed by atoms with Crippen LogP contribution < -0.4 is 0 Å². The topological polar surface area (TPSA) is 46.5 Å². The number of aliphatic hydroxyl groups excluding tert-OH is 1. The lowest BCUT2D eigenvalue weighted by molar-refractivity contribution is -0.182. The van der Waals surface area contributed by atoms with Gasteiger partial charge in [-0.3, -0.25) is 0 Å². The number of ether oxygens (including phenoxy) is 1. The third-order valence-corrected chi connectivity index (χ3v) is 6.66. The van der Waals surface area contributed by atoms with Crippen LogP contribution in [0.4, 0.5) is 0 Å². The number of aliphatic hydroxyl groups is 1. The number of carbonyl (C=O) groups excluding carboxylic acids is 1. The predicted octanol–water partition coefficient (Wildman–Crippen LogP) is 5.16. The molecule has 0 saturated heterocycles. The summed E-state index contributed by atoms with van der Waals surface area (Å²) in [4.78, 5) is 12.6. The van der Waals surface area contributed by atoms with Gasteiger partial charge in [-0.05, 0) is 50.2 Å². The summed E-state index contributed by atoms with van der Waals surface area (Å²) < 4.78 is 6.03. The quantitative estimate of drug-likeness (QED) is 0.454. The summed E-state index contributed by atoms with van der Waals surface area (Å²) in [7, 11) is 0. The first kappa shape index (κ1) is 19.9. The third kappa shape index (κ3) is 4.03. The molecule has 0 spiro atoms. The van der Waals surface area contributed by atoms with Crippen molar-refractivity contribution in [3.05, 3.63) is 53.6 Å². The van der Waals surface area contributed by atoms with Crippen LogP contribution in [-0.4, -0.2) is 22.8 Å². The summed E-state index contributed by atoms with van der Waals surface area (Å²) in [5, 5.41) is 10.7. The smallest absolute Gasteiger partial charge is 0.331 e. The minimum absolute atomic E-state index is 0.0361. The summed E-state index contributed by atoms with van der Waals surface area (Å²) in [6.07, 6.45) is 8.56. The summed E-state index contributed by atoms with van der Waals surface area (Å²) in [5.41, 5.74) is 1.55. The zero-order valence-corrected chi connectivity index (χ0v) is 16.9. The Balaban J connectivity index is 1.83. The Labute approximate surface area is 163 Å². The van der Waals surface area contributed by atoms with Crippen LogP contribution in [0.1, 0.15) is 58.9 Å². The van der Waals surface area contributed by atoms with Crippen molar-refractivity contribution in [3.8, 4) is 0 Å². The number of benzene rings is 1. The van der Waals surface area contributed by atoms with Crippen LogP contribution >= 0.6 is 0 Å². The molecule has 0 heterocycles. The van der Waals surface area contributed by atoms with Gasteiger partial charge < -0.3 is 9.84 Å². The highest BCUT2D eigenvalue weighted by Crippen LogP contribution is 2.55. The van der Waals surface area contributed by atoms with E-state index < -0.39 is 5.60 Å². The molecule has 1 aromatic rings. The first-order valence-corrected chi connectivity index (χ1v) is 10.1. The normalized spacial score (nSPS) is 33.6. The van der Waals surface area contributed by atoms with E-state index in [0.29, 0.717) is 18.8 Å². The predicted molar refractivity (Wildman–Crippen MR) is 109 cm³/mol. The molecular formula is C24H32O3. The SMILES string of the molecule is CC(C)C1=C[C@@H]2[C@@](C)(CC1)[C@H](O)CC[C@]2(C)OC(=O)/C=C/c1ccccc1. The number of carbonyl (C=O) groups is 1. The molecule has 0 bridgehead atoms. The third-order valence-electron chi connectivity index (χ3n) is 6.66. The monoisotopic (exact) mass is 368 g/mol. The molecule has 0 aromatic heterocycles. The molecular weight excluding hydrogens is 336 g/mol. The van der Waals surface area contributed by atoms with E-state index in [4.69, 9.17) is 4.74 Å². The van der Waals surface area contributed by atoms with Crippen molar-refractivity contribution in [1.82, 2.24) is 0 Å². The Hall–Kier alpha value is -1.87. The highest BCUT2D eigenvalue weighted by Gasteiger charge is 2.55. The largest absolute Gasteiger partial charge is 0.456 e.